The topological polar surface area (TPSA) is 73.0 Å². The molecule has 0 aromatic heterocycles. The summed E-state index contributed by atoms with van der Waals surface area (Å²) in [5.74, 6) is -0.436. The molecule has 0 spiro atoms. The molecule has 7 nitrogen and oxygen atoms in total. The first-order valence-electron chi connectivity index (χ1n) is 11.4. The number of alkyl halides is 3. The average Bonchev–Trinajstić information content (AvgIpc) is 2.79. The lowest BCUT2D eigenvalue weighted by Gasteiger charge is -2.32. The van der Waals surface area contributed by atoms with E-state index >= 15 is 0 Å². The van der Waals surface area contributed by atoms with Crippen LogP contribution in [0.3, 0.4) is 0 Å². The number of hydrogen-bond acceptors (Lipinski definition) is 5. The van der Waals surface area contributed by atoms with Gasteiger partial charge in [-0.3, -0.25) is 4.79 Å². The first-order chi connectivity index (χ1) is 15.6. The van der Waals surface area contributed by atoms with Gasteiger partial charge in [-0.2, -0.15) is 17.5 Å². The number of carbonyl (C=O) groups excluding carboxylic acids is 1. The molecule has 3 rings (SSSR count). The van der Waals surface area contributed by atoms with Crippen molar-refractivity contribution in [1.29, 1.82) is 0 Å². The summed E-state index contributed by atoms with van der Waals surface area (Å²) in [5.41, 5.74) is -1.17. The van der Waals surface area contributed by atoms with Crippen LogP contribution in [0, 0.1) is 5.92 Å². The Balaban J connectivity index is 1.42. The minimum Gasteiger partial charge on any atom is -0.356 e. The highest BCUT2D eigenvalue weighted by Gasteiger charge is 2.40. The molecule has 1 aromatic carbocycles. The number of benzene rings is 1. The van der Waals surface area contributed by atoms with Crippen LogP contribution >= 0.6 is 0 Å². The highest BCUT2D eigenvalue weighted by atomic mass is 32.2. The van der Waals surface area contributed by atoms with Crippen molar-refractivity contribution in [3.63, 3.8) is 0 Å². The molecule has 2 saturated heterocycles. The van der Waals surface area contributed by atoms with Gasteiger partial charge in [-0.05, 0) is 51.4 Å². The summed E-state index contributed by atoms with van der Waals surface area (Å²) in [7, 11) is -2.17. The molecule has 1 aromatic rings. The van der Waals surface area contributed by atoms with E-state index in [1.54, 1.807) is 0 Å². The number of unbranched alkanes of at least 4 members (excludes halogenated alkanes) is 1. The number of sulfonamides is 1. The maximum Gasteiger partial charge on any atom is 0.417 e. The third kappa shape index (κ3) is 6.91. The quantitative estimate of drug-likeness (QED) is 0.566. The van der Waals surface area contributed by atoms with Crippen LogP contribution in [-0.4, -0.2) is 87.8 Å². The molecular weight excluding hydrogens is 457 g/mol. The maximum absolute atomic E-state index is 13.3. The average molecular weight is 491 g/mol. The molecule has 186 valence electrons. The van der Waals surface area contributed by atoms with Gasteiger partial charge in [-0.1, -0.05) is 12.1 Å². The predicted molar refractivity (Wildman–Crippen MR) is 119 cm³/mol. The number of halogens is 3. The monoisotopic (exact) mass is 490 g/mol. The predicted octanol–water partition coefficient (Wildman–Crippen LogP) is 2.25. The van der Waals surface area contributed by atoms with Gasteiger partial charge in [0, 0.05) is 51.7 Å². The summed E-state index contributed by atoms with van der Waals surface area (Å²) in [6.45, 7) is 5.92. The molecular formula is C22H33F3N4O3S. The Morgan fingerprint density at radius 3 is 2.30 bits per heavy atom. The smallest absolute Gasteiger partial charge is 0.356 e. The van der Waals surface area contributed by atoms with E-state index in [0.717, 1.165) is 62.0 Å². The summed E-state index contributed by atoms with van der Waals surface area (Å²) < 4.78 is 66.5. The lowest BCUT2D eigenvalue weighted by molar-refractivity contribution is -0.139. The molecule has 2 heterocycles. The fraction of sp³-hybridized carbons (Fsp3) is 0.682. The van der Waals surface area contributed by atoms with E-state index in [0.29, 0.717) is 19.4 Å². The number of amides is 1. The van der Waals surface area contributed by atoms with Gasteiger partial charge in [0.2, 0.25) is 15.9 Å². The normalized spacial score (nSPS) is 20.1. The minimum absolute atomic E-state index is 0.0238. The van der Waals surface area contributed by atoms with Crippen molar-refractivity contribution in [3.8, 4) is 0 Å². The van der Waals surface area contributed by atoms with E-state index in [-0.39, 0.29) is 24.9 Å². The van der Waals surface area contributed by atoms with Gasteiger partial charge in [0.15, 0.2) is 0 Å². The third-order valence-corrected chi connectivity index (χ3v) is 8.39. The van der Waals surface area contributed by atoms with Crippen LogP contribution in [0.2, 0.25) is 0 Å². The summed E-state index contributed by atoms with van der Waals surface area (Å²) in [5, 5.41) is 2.93. The van der Waals surface area contributed by atoms with Gasteiger partial charge in [0.1, 0.15) is 0 Å². The van der Waals surface area contributed by atoms with Crippen molar-refractivity contribution in [2.45, 2.75) is 36.8 Å². The van der Waals surface area contributed by atoms with Crippen LogP contribution in [0.4, 0.5) is 13.2 Å². The highest BCUT2D eigenvalue weighted by Crippen LogP contribution is 2.36. The molecule has 0 aliphatic carbocycles. The van der Waals surface area contributed by atoms with Gasteiger partial charge < -0.3 is 15.1 Å². The van der Waals surface area contributed by atoms with Gasteiger partial charge in [-0.25, -0.2) is 8.42 Å². The lowest BCUT2D eigenvalue weighted by atomic mass is 9.97. The molecule has 1 amide bonds. The lowest BCUT2D eigenvalue weighted by Crippen LogP contribution is -2.45. The molecule has 0 saturated carbocycles. The van der Waals surface area contributed by atoms with Crippen molar-refractivity contribution in [2.24, 2.45) is 5.92 Å². The van der Waals surface area contributed by atoms with E-state index in [1.165, 1.54) is 12.1 Å². The Morgan fingerprint density at radius 2 is 1.67 bits per heavy atom. The van der Waals surface area contributed by atoms with Gasteiger partial charge in [0.25, 0.3) is 0 Å². The number of hydrogen-bond donors (Lipinski definition) is 1. The van der Waals surface area contributed by atoms with Crippen LogP contribution in [0.5, 0.6) is 0 Å². The van der Waals surface area contributed by atoms with Crippen LogP contribution in [0.1, 0.15) is 31.2 Å². The van der Waals surface area contributed by atoms with E-state index in [4.69, 9.17) is 0 Å². The summed E-state index contributed by atoms with van der Waals surface area (Å²) in [6.07, 6.45) is -2.30. The second-order valence-corrected chi connectivity index (χ2v) is 10.7. The largest absolute Gasteiger partial charge is 0.417 e. The minimum atomic E-state index is -4.76. The first-order valence-corrected chi connectivity index (χ1v) is 12.9. The van der Waals surface area contributed by atoms with Gasteiger partial charge >= 0.3 is 6.18 Å². The molecule has 0 atom stereocenters. The molecule has 0 bridgehead atoms. The number of carbonyl (C=O) groups is 1. The van der Waals surface area contributed by atoms with Crippen molar-refractivity contribution >= 4 is 15.9 Å². The summed E-state index contributed by atoms with van der Waals surface area (Å²) >= 11 is 0. The van der Waals surface area contributed by atoms with E-state index in [2.05, 4.69) is 22.2 Å². The second-order valence-electron chi connectivity index (χ2n) is 8.82. The number of piperidine rings is 1. The van der Waals surface area contributed by atoms with Crippen molar-refractivity contribution in [2.75, 3.05) is 59.4 Å². The molecule has 1 N–H and O–H groups in total. The Hall–Kier alpha value is -1.69. The molecule has 2 aliphatic rings. The van der Waals surface area contributed by atoms with Crippen molar-refractivity contribution in [1.82, 2.24) is 19.4 Å². The molecule has 2 aliphatic heterocycles. The zero-order chi connectivity index (χ0) is 24.1. The Bertz CT molecular complexity index is 894. The van der Waals surface area contributed by atoms with Crippen LogP contribution < -0.4 is 5.32 Å². The van der Waals surface area contributed by atoms with Gasteiger partial charge in [-0.15, -0.1) is 0 Å². The molecule has 0 radical (unpaired) electrons. The van der Waals surface area contributed by atoms with Crippen LogP contribution in [-0.2, 0) is 21.0 Å². The molecule has 0 unspecified atom stereocenters. The van der Waals surface area contributed by atoms with Crippen LogP contribution in [0.15, 0.2) is 29.2 Å². The summed E-state index contributed by atoms with van der Waals surface area (Å²) in [4.78, 5) is 16.5. The zero-order valence-electron chi connectivity index (χ0n) is 19.0. The molecule has 11 heteroatoms. The van der Waals surface area contributed by atoms with E-state index in [1.807, 2.05) is 0 Å². The van der Waals surface area contributed by atoms with Crippen LogP contribution in [0.25, 0.3) is 0 Å². The fourth-order valence-corrected chi connectivity index (χ4v) is 5.99. The Labute approximate surface area is 194 Å². The zero-order valence-corrected chi connectivity index (χ0v) is 19.8. The second kappa shape index (κ2) is 11.2. The highest BCUT2D eigenvalue weighted by molar-refractivity contribution is 7.89. The van der Waals surface area contributed by atoms with Gasteiger partial charge in [0.05, 0.1) is 10.5 Å². The fourth-order valence-electron chi connectivity index (χ4n) is 4.31. The van der Waals surface area contributed by atoms with Crippen molar-refractivity contribution in [3.05, 3.63) is 29.8 Å². The standard InChI is InChI=1S/C22H33F3N4O3S/c1-27-14-16-28(17-15-27)11-5-4-10-26-21(30)18-8-12-29(13-9-18)33(31,32)20-7-3-2-6-19(20)22(23,24)25/h2-3,6-7,18H,4-5,8-17H2,1H3,(H,26,30). The number of piperazine rings is 1. The number of likely N-dealkylation sites (N-methyl/N-ethyl adjacent to an activating group) is 1. The first kappa shape index (κ1) is 25.9. The number of nitrogens with zero attached hydrogens (tertiary/aromatic N) is 3. The number of rotatable bonds is 8. The summed E-state index contributed by atoms with van der Waals surface area (Å²) in [6, 6.07) is 4.21. The number of nitrogens with one attached hydrogen (secondary N) is 1. The van der Waals surface area contributed by atoms with E-state index in [9.17, 15) is 26.4 Å². The SMILES string of the molecule is CN1CCN(CCCCNC(=O)C2CCN(S(=O)(=O)c3ccccc3C(F)(F)F)CC2)CC1. The maximum atomic E-state index is 13.3. The Kier molecular flexibility index (Phi) is 8.76. The molecule has 33 heavy (non-hydrogen) atoms. The Morgan fingerprint density at radius 1 is 1.03 bits per heavy atom. The third-order valence-electron chi connectivity index (χ3n) is 6.43. The van der Waals surface area contributed by atoms with Crippen molar-refractivity contribution < 1.29 is 26.4 Å². The molecule has 2 fully saturated rings. The van der Waals surface area contributed by atoms with E-state index < -0.39 is 26.7 Å².